The number of halogens is 3. The van der Waals surface area contributed by atoms with E-state index in [1.54, 1.807) is 25.1 Å². The maximum absolute atomic E-state index is 13.9. The lowest BCUT2D eigenvalue weighted by Crippen LogP contribution is -2.05. The first-order valence-electron chi connectivity index (χ1n) is 6.03. The molecular weight excluding hydrogens is 267 g/mol. The average Bonchev–Trinajstić information content (AvgIpc) is 2.44. The minimum absolute atomic E-state index is 0.0664. The van der Waals surface area contributed by atoms with Crippen molar-refractivity contribution in [2.45, 2.75) is 13.0 Å². The number of methoxy groups -OCH3 is 1. The molecule has 2 N–H and O–H groups in total. The van der Waals surface area contributed by atoms with E-state index in [1.807, 2.05) is 0 Å². The SMILES string of the molecule is COc1ccc(C(C)N)cc1-c1ccc(F)c(F)c1F. The van der Waals surface area contributed by atoms with Gasteiger partial charge in [0.05, 0.1) is 7.11 Å². The van der Waals surface area contributed by atoms with Crippen LogP contribution in [0.25, 0.3) is 11.1 Å². The molecule has 20 heavy (non-hydrogen) atoms. The fourth-order valence-electron chi connectivity index (χ4n) is 1.95. The molecule has 1 atom stereocenters. The summed E-state index contributed by atoms with van der Waals surface area (Å²) in [5.41, 5.74) is 6.78. The molecule has 0 saturated heterocycles. The van der Waals surface area contributed by atoms with Crippen molar-refractivity contribution in [3.8, 4) is 16.9 Å². The lowest BCUT2D eigenvalue weighted by Gasteiger charge is -2.14. The van der Waals surface area contributed by atoms with Gasteiger partial charge < -0.3 is 10.5 Å². The molecule has 0 spiro atoms. The monoisotopic (exact) mass is 281 g/mol. The lowest BCUT2D eigenvalue weighted by atomic mass is 9.98. The average molecular weight is 281 g/mol. The second-order valence-corrected chi connectivity index (χ2v) is 4.47. The number of benzene rings is 2. The van der Waals surface area contributed by atoms with E-state index in [4.69, 9.17) is 10.5 Å². The summed E-state index contributed by atoms with van der Waals surface area (Å²) in [5.74, 6) is -3.62. The zero-order valence-electron chi connectivity index (χ0n) is 11.1. The Bertz CT molecular complexity index is 641. The van der Waals surface area contributed by atoms with Crippen molar-refractivity contribution in [3.05, 3.63) is 53.3 Å². The van der Waals surface area contributed by atoms with Crippen LogP contribution in [0.4, 0.5) is 13.2 Å². The Kier molecular flexibility index (Phi) is 3.99. The van der Waals surface area contributed by atoms with Crippen LogP contribution in [0.15, 0.2) is 30.3 Å². The Morgan fingerprint density at radius 2 is 1.70 bits per heavy atom. The fourth-order valence-corrected chi connectivity index (χ4v) is 1.95. The van der Waals surface area contributed by atoms with Gasteiger partial charge in [-0.05, 0) is 36.8 Å². The van der Waals surface area contributed by atoms with Gasteiger partial charge in [-0.3, -0.25) is 0 Å². The summed E-state index contributed by atoms with van der Waals surface area (Å²) in [6.07, 6.45) is 0. The van der Waals surface area contributed by atoms with E-state index in [0.717, 1.165) is 11.6 Å². The maximum atomic E-state index is 13.9. The van der Waals surface area contributed by atoms with Crippen LogP contribution in [0.2, 0.25) is 0 Å². The Labute approximate surface area is 115 Å². The van der Waals surface area contributed by atoms with Gasteiger partial charge in [0.1, 0.15) is 5.75 Å². The molecule has 0 radical (unpaired) electrons. The number of hydrogen-bond acceptors (Lipinski definition) is 2. The molecule has 0 aliphatic rings. The van der Waals surface area contributed by atoms with Gasteiger partial charge in [-0.1, -0.05) is 6.07 Å². The van der Waals surface area contributed by atoms with Crippen molar-refractivity contribution >= 4 is 0 Å². The highest BCUT2D eigenvalue weighted by Gasteiger charge is 2.18. The molecule has 0 aliphatic carbocycles. The summed E-state index contributed by atoms with van der Waals surface area (Å²) in [5, 5.41) is 0. The number of hydrogen-bond donors (Lipinski definition) is 1. The molecule has 2 aromatic rings. The topological polar surface area (TPSA) is 35.2 Å². The zero-order valence-corrected chi connectivity index (χ0v) is 11.1. The third-order valence-corrected chi connectivity index (χ3v) is 3.07. The molecule has 0 amide bonds. The van der Waals surface area contributed by atoms with Crippen LogP contribution >= 0.6 is 0 Å². The van der Waals surface area contributed by atoms with Crippen molar-refractivity contribution in [2.75, 3.05) is 7.11 Å². The van der Waals surface area contributed by atoms with E-state index in [0.29, 0.717) is 11.3 Å². The zero-order chi connectivity index (χ0) is 14.9. The Balaban J connectivity index is 2.67. The van der Waals surface area contributed by atoms with Crippen LogP contribution in [-0.2, 0) is 0 Å². The smallest absolute Gasteiger partial charge is 0.195 e. The predicted octanol–water partition coefficient (Wildman–Crippen LogP) is 3.80. The second-order valence-electron chi connectivity index (χ2n) is 4.47. The van der Waals surface area contributed by atoms with Crippen LogP contribution < -0.4 is 10.5 Å². The first-order valence-corrected chi connectivity index (χ1v) is 6.03. The van der Waals surface area contributed by atoms with E-state index in [1.165, 1.54) is 13.2 Å². The van der Waals surface area contributed by atoms with Crippen LogP contribution in [0.5, 0.6) is 5.75 Å². The van der Waals surface area contributed by atoms with E-state index in [9.17, 15) is 13.2 Å². The molecule has 106 valence electrons. The quantitative estimate of drug-likeness (QED) is 0.868. The summed E-state index contributed by atoms with van der Waals surface area (Å²) in [6.45, 7) is 1.77. The minimum atomic E-state index is -1.50. The molecule has 2 aromatic carbocycles. The van der Waals surface area contributed by atoms with Crippen LogP contribution in [0.3, 0.4) is 0 Å². The summed E-state index contributed by atoms with van der Waals surface area (Å²) in [7, 11) is 1.42. The molecule has 5 heteroatoms. The molecule has 0 saturated carbocycles. The minimum Gasteiger partial charge on any atom is -0.496 e. The van der Waals surface area contributed by atoms with E-state index < -0.39 is 17.5 Å². The molecular formula is C15H14F3NO. The first kappa shape index (κ1) is 14.4. The molecule has 0 aliphatic heterocycles. The normalized spacial score (nSPS) is 12.3. The predicted molar refractivity (Wildman–Crippen MR) is 70.9 cm³/mol. The third kappa shape index (κ3) is 2.49. The Hall–Kier alpha value is -2.01. The Morgan fingerprint density at radius 3 is 2.30 bits per heavy atom. The molecule has 2 nitrogen and oxygen atoms in total. The second kappa shape index (κ2) is 5.54. The Morgan fingerprint density at radius 1 is 1.00 bits per heavy atom. The van der Waals surface area contributed by atoms with Gasteiger partial charge in [0.2, 0.25) is 0 Å². The highest BCUT2D eigenvalue weighted by Crippen LogP contribution is 2.35. The van der Waals surface area contributed by atoms with Crippen molar-refractivity contribution < 1.29 is 17.9 Å². The summed E-state index contributed by atoms with van der Waals surface area (Å²) in [6, 6.07) is 6.76. The van der Waals surface area contributed by atoms with Gasteiger partial charge >= 0.3 is 0 Å². The number of ether oxygens (including phenoxy) is 1. The molecule has 0 fully saturated rings. The van der Waals surface area contributed by atoms with Gasteiger partial charge in [0.25, 0.3) is 0 Å². The standard InChI is InChI=1S/C15H14F3NO/c1-8(19)9-3-6-13(20-2)11(7-9)10-4-5-12(16)15(18)14(10)17/h3-8H,19H2,1-2H3. The highest BCUT2D eigenvalue weighted by molar-refractivity contribution is 5.72. The number of rotatable bonds is 3. The molecule has 0 bridgehead atoms. The van der Waals surface area contributed by atoms with Gasteiger partial charge in [-0.2, -0.15) is 0 Å². The molecule has 2 rings (SSSR count). The van der Waals surface area contributed by atoms with E-state index in [2.05, 4.69) is 0 Å². The van der Waals surface area contributed by atoms with Gasteiger partial charge in [-0.25, -0.2) is 13.2 Å². The van der Waals surface area contributed by atoms with Crippen LogP contribution in [-0.4, -0.2) is 7.11 Å². The van der Waals surface area contributed by atoms with Crippen LogP contribution in [0, 0.1) is 17.5 Å². The van der Waals surface area contributed by atoms with Crippen molar-refractivity contribution in [3.63, 3.8) is 0 Å². The highest BCUT2D eigenvalue weighted by atomic mass is 19.2. The van der Waals surface area contributed by atoms with Crippen molar-refractivity contribution in [1.29, 1.82) is 0 Å². The van der Waals surface area contributed by atoms with E-state index >= 15 is 0 Å². The van der Waals surface area contributed by atoms with Gasteiger partial charge in [-0.15, -0.1) is 0 Å². The summed E-state index contributed by atoms with van der Waals surface area (Å²) < 4.78 is 45.4. The first-order chi connectivity index (χ1) is 9.45. The van der Waals surface area contributed by atoms with E-state index in [-0.39, 0.29) is 11.6 Å². The maximum Gasteiger partial charge on any atom is 0.195 e. The summed E-state index contributed by atoms with van der Waals surface area (Å²) in [4.78, 5) is 0. The van der Waals surface area contributed by atoms with Crippen molar-refractivity contribution in [2.24, 2.45) is 5.73 Å². The van der Waals surface area contributed by atoms with Gasteiger partial charge in [0.15, 0.2) is 17.5 Å². The fraction of sp³-hybridized carbons (Fsp3) is 0.200. The van der Waals surface area contributed by atoms with Crippen LogP contribution in [0.1, 0.15) is 18.5 Å². The van der Waals surface area contributed by atoms with Crippen molar-refractivity contribution in [1.82, 2.24) is 0 Å². The molecule has 0 heterocycles. The number of nitrogens with two attached hydrogens (primary N) is 1. The lowest BCUT2D eigenvalue weighted by molar-refractivity contribution is 0.415. The summed E-state index contributed by atoms with van der Waals surface area (Å²) >= 11 is 0. The molecule has 0 aromatic heterocycles. The molecule has 1 unspecified atom stereocenters. The third-order valence-electron chi connectivity index (χ3n) is 3.07. The largest absolute Gasteiger partial charge is 0.496 e. The van der Waals surface area contributed by atoms with Gasteiger partial charge in [0, 0.05) is 17.2 Å².